The lowest BCUT2D eigenvalue weighted by Crippen LogP contribution is -2.40. The van der Waals surface area contributed by atoms with E-state index in [4.69, 9.17) is 24.4 Å². The van der Waals surface area contributed by atoms with Gasteiger partial charge < -0.3 is 14.8 Å². The summed E-state index contributed by atoms with van der Waals surface area (Å²) >= 11 is 0. The van der Waals surface area contributed by atoms with E-state index in [1.807, 2.05) is 30.3 Å². The molecule has 0 aliphatic carbocycles. The minimum atomic E-state index is -0.217. The second-order valence-electron chi connectivity index (χ2n) is 9.75. The van der Waals surface area contributed by atoms with Gasteiger partial charge in [-0.25, -0.2) is 15.0 Å². The van der Waals surface area contributed by atoms with Crippen LogP contribution in [0, 0.1) is 0 Å². The summed E-state index contributed by atoms with van der Waals surface area (Å²) in [5.41, 5.74) is 2.62. The third-order valence-corrected chi connectivity index (χ3v) is 7.18. The summed E-state index contributed by atoms with van der Waals surface area (Å²) in [6.45, 7) is 16.7. The minimum Gasteiger partial charge on any atom is -0.379 e. The van der Waals surface area contributed by atoms with Crippen LogP contribution in [0.4, 0.5) is 5.82 Å². The van der Waals surface area contributed by atoms with Crippen molar-refractivity contribution in [1.82, 2.24) is 29.3 Å². The number of anilines is 1. The zero-order chi connectivity index (χ0) is 27.7. The Morgan fingerprint density at radius 2 is 1.56 bits per heavy atom. The van der Waals surface area contributed by atoms with E-state index in [0.29, 0.717) is 66.9 Å². The number of hydrogen-bond acceptors (Lipinski definition) is 9. The number of allylic oxidation sites excluding steroid dienone is 4. The van der Waals surface area contributed by atoms with Crippen LogP contribution in [0.25, 0.3) is 28.1 Å². The van der Waals surface area contributed by atoms with Gasteiger partial charge in [-0.15, -0.1) is 0 Å². The fraction of sp³-hybridized carbons (Fsp3) is 0.419. The van der Waals surface area contributed by atoms with E-state index in [1.165, 1.54) is 0 Å². The van der Waals surface area contributed by atoms with Gasteiger partial charge in [0.25, 0.3) is 5.56 Å². The van der Waals surface area contributed by atoms with E-state index in [0.717, 1.165) is 51.5 Å². The molecule has 0 spiro atoms. The summed E-state index contributed by atoms with van der Waals surface area (Å²) < 4.78 is 12.7. The van der Waals surface area contributed by atoms with Gasteiger partial charge in [-0.2, -0.15) is 0 Å². The van der Waals surface area contributed by atoms with Crippen LogP contribution in [0.15, 0.2) is 66.5 Å². The molecule has 1 aromatic carbocycles. The Labute approximate surface area is 242 Å². The van der Waals surface area contributed by atoms with Gasteiger partial charge in [0.1, 0.15) is 11.2 Å². The van der Waals surface area contributed by atoms with Gasteiger partial charge in [-0.05, 0) is 0 Å². The first-order chi connectivity index (χ1) is 19.7. The van der Waals surface area contributed by atoms with Crippen LogP contribution < -0.4 is 10.9 Å². The third kappa shape index (κ3) is 7.34. The zero-order valence-electron chi connectivity index (χ0n) is 22.9. The van der Waals surface area contributed by atoms with Crippen molar-refractivity contribution in [3.63, 3.8) is 0 Å². The first-order valence-electron chi connectivity index (χ1n) is 13.9. The molecule has 0 saturated carbocycles. The maximum absolute atomic E-state index is 13.9. The van der Waals surface area contributed by atoms with E-state index in [9.17, 15) is 4.79 Å². The number of nitrogens with one attached hydrogen (secondary N) is 1. The Kier molecular flexibility index (Phi) is 10.9. The highest BCUT2D eigenvalue weighted by Gasteiger charge is 2.21. The summed E-state index contributed by atoms with van der Waals surface area (Å²) in [4.78, 5) is 33.3. The summed E-state index contributed by atoms with van der Waals surface area (Å²) in [5.74, 6) is 1.14. The van der Waals surface area contributed by atoms with Gasteiger partial charge in [0.15, 0.2) is 17.3 Å². The molecule has 41 heavy (non-hydrogen) atoms. The van der Waals surface area contributed by atoms with Crippen molar-refractivity contribution in [3.05, 3.63) is 77.8 Å². The maximum Gasteiger partial charge on any atom is 0.278 e. The number of fused-ring (bicyclic) bond motifs is 1. The Morgan fingerprint density at radius 3 is 2.20 bits per heavy atom. The van der Waals surface area contributed by atoms with Gasteiger partial charge in [0, 0.05) is 63.5 Å². The van der Waals surface area contributed by atoms with Crippen LogP contribution >= 0.6 is 0 Å². The molecule has 0 amide bonds. The molecular weight excluding hydrogens is 518 g/mol. The summed E-state index contributed by atoms with van der Waals surface area (Å²) in [6, 6.07) is 9.81. The molecule has 5 rings (SSSR count). The highest BCUT2D eigenvalue weighted by Crippen LogP contribution is 2.25. The van der Waals surface area contributed by atoms with Crippen molar-refractivity contribution >= 4 is 22.6 Å². The van der Waals surface area contributed by atoms with Gasteiger partial charge in [-0.3, -0.25) is 19.2 Å². The lowest BCUT2D eigenvalue weighted by atomic mass is 10.1. The van der Waals surface area contributed by atoms with Crippen molar-refractivity contribution < 1.29 is 9.47 Å². The Morgan fingerprint density at radius 1 is 0.902 bits per heavy atom. The van der Waals surface area contributed by atoms with Crippen LogP contribution in [-0.2, 0) is 16.0 Å². The molecule has 0 unspecified atom stereocenters. The van der Waals surface area contributed by atoms with Crippen LogP contribution in [0.5, 0.6) is 0 Å². The summed E-state index contributed by atoms with van der Waals surface area (Å²) in [7, 11) is 0. The van der Waals surface area contributed by atoms with Gasteiger partial charge in [-0.1, -0.05) is 69.1 Å². The predicted octanol–water partition coefficient (Wildman–Crippen LogP) is 3.32. The number of ether oxygens (including phenoxy) is 2. The van der Waals surface area contributed by atoms with Crippen LogP contribution in [0.2, 0.25) is 0 Å². The lowest BCUT2D eigenvalue weighted by Gasteiger charge is -2.27. The predicted molar refractivity (Wildman–Crippen MR) is 165 cm³/mol. The summed E-state index contributed by atoms with van der Waals surface area (Å²) in [5, 5.41) is 3.51. The molecule has 4 heterocycles. The van der Waals surface area contributed by atoms with Gasteiger partial charge in [0.05, 0.1) is 26.4 Å². The van der Waals surface area contributed by atoms with E-state index < -0.39 is 0 Å². The van der Waals surface area contributed by atoms with Crippen molar-refractivity contribution in [3.8, 4) is 11.4 Å². The molecule has 1 N–H and O–H groups in total. The van der Waals surface area contributed by atoms with Crippen LogP contribution in [0.3, 0.4) is 0 Å². The van der Waals surface area contributed by atoms with Gasteiger partial charge in [0.2, 0.25) is 0 Å². The first kappa shape index (κ1) is 30.3. The molecule has 2 saturated heterocycles. The largest absolute Gasteiger partial charge is 0.379 e. The smallest absolute Gasteiger partial charge is 0.278 e. The molecule has 3 aromatic rings. The van der Waals surface area contributed by atoms with E-state index in [1.54, 1.807) is 22.8 Å². The molecule has 2 aliphatic heterocycles. The lowest BCUT2D eigenvalue weighted by molar-refractivity contribution is 0.0364. The molecule has 10 heteroatoms. The van der Waals surface area contributed by atoms with Crippen molar-refractivity contribution in [2.24, 2.45) is 0 Å². The van der Waals surface area contributed by atoms with E-state index >= 15 is 0 Å². The summed E-state index contributed by atoms with van der Waals surface area (Å²) in [6.07, 6.45) is 5.02. The molecule has 10 nitrogen and oxygen atoms in total. The second kappa shape index (κ2) is 14.8. The first-order valence-corrected chi connectivity index (χ1v) is 13.9. The maximum atomic E-state index is 13.9. The third-order valence-electron chi connectivity index (χ3n) is 7.18. The van der Waals surface area contributed by atoms with Crippen LogP contribution in [-0.4, -0.2) is 102 Å². The van der Waals surface area contributed by atoms with Gasteiger partial charge >= 0.3 is 0 Å². The number of nitrogens with zero attached hydrogens (tertiary/aromatic N) is 6. The second-order valence-corrected chi connectivity index (χ2v) is 9.75. The fourth-order valence-corrected chi connectivity index (χ4v) is 4.95. The molecule has 0 bridgehead atoms. The average molecular weight is 560 g/mol. The Hall–Kier alpha value is -3.70. The van der Waals surface area contributed by atoms with Crippen molar-refractivity contribution in [2.45, 2.75) is 14.0 Å². The SMILES string of the molecule is C.C=C/C=C(\C=C)c1nc2c(NCCN3CCOCC3)nc(-c3ccccc3)nc2n(CCN2CCOCC2)c1=O. The van der Waals surface area contributed by atoms with Crippen molar-refractivity contribution in [2.75, 3.05) is 77.6 Å². The van der Waals surface area contributed by atoms with E-state index in [2.05, 4.69) is 28.3 Å². The topological polar surface area (TPSA) is 97.6 Å². The number of benzene rings is 1. The molecule has 218 valence electrons. The molecule has 2 fully saturated rings. The number of rotatable bonds is 11. The molecule has 0 radical (unpaired) electrons. The number of aromatic nitrogens is 4. The zero-order valence-corrected chi connectivity index (χ0v) is 22.9. The normalized spacial score (nSPS) is 16.7. The minimum absolute atomic E-state index is 0. The van der Waals surface area contributed by atoms with Crippen LogP contribution in [0.1, 0.15) is 13.1 Å². The fourth-order valence-electron chi connectivity index (χ4n) is 4.95. The quantitative estimate of drug-likeness (QED) is 0.355. The molecular formula is C31H41N7O3. The highest BCUT2D eigenvalue weighted by atomic mass is 16.5. The molecule has 2 aliphatic rings. The monoisotopic (exact) mass is 559 g/mol. The van der Waals surface area contributed by atoms with Crippen molar-refractivity contribution in [1.29, 1.82) is 0 Å². The molecule has 0 atom stereocenters. The number of hydrogen-bond donors (Lipinski definition) is 1. The van der Waals surface area contributed by atoms with E-state index in [-0.39, 0.29) is 13.0 Å². The highest BCUT2D eigenvalue weighted by molar-refractivity contribution is 5.87. The Balaban J connectivity index is 0.00000387. The standard InChI is InChI=1S/C30H37N7O3.CH4/c1-3-8-23(4-2)25-30(38)37(14-13-36-17-21-40-22-18-36)29-26(32-25)28(31-11-12-35-15-19-39-20-16-35)33-27(34-29)24-9-6-5-7-10-24;/h3-10H,1-2,11-22H2,(H,31,33,34);1H4/b23-8+;. The number of morpholine rings is 2. The molecule has 2 aromatic heterocycles. The Bertz CT molecular complexity index is 1410. The average Bonchev–Trinajstić information content (AvgIpc) is 3.00.